The van der Waals surface area contributed by atoms with Crippen LogP contribution in [0.4, 0.5) is 0 Å². The van der Waals surface area contributed by atoms with E-state index in [1.165, 1.54) is 19.3 Å². The molecule has 5 nitrogen and oxygen atoms in total. The zero-order valence-corrected chi connectivity index (χ0v) is 12.4. The fraction of sp³-hybridized carbons (Fsp3) is 0.857. The third kappa shape index (κ3) is 4.01. The molecule has 0 unspecified atom stereocenters. The highest BCUT2D eigenvalue weighted by Gasteiger charge is 2.21. The Kier molecular flexibility index (Phi) is 5.34. The minimum atomic E-state index is 0.386. The third-order valence-corrected chi connectivity index (χ3v) is 3.99. The smallest absolute Gasteiger partial charge is 0.158 e. The van der Waals surface area contributed by atoms with Crippen LogP contribution in [0.15, 0.2) is 0 Å². The van der Waals surface area contributed by atoms with Gasteiger partial charge in [0, 0.05) is 13.1 Å². The quantitative estimate of drug-likeness (QED) is 0.855. The minimum Gasteiger partial charge on any atom is -0.370 e. The lowest BCUT2D eigenvalue weighted by Crippen LogP contribution is -2.35. The zero-order chi connectivity index (χ0) is 13.7. The van der Waals surface area contributed by atoms with Crippen LogP contribution in [0.3, 0.4) is 0 Å². The molecule has 1 heterocycles. The van der Waals surface area contributed by atoms with Crippen LogP contribution in [0.1, 0.15) is 50.7 Å². The van der Waals surface area contributed by atoms with Gasteiger partial charge in [0.2, 0.25) is 0 Å². The van der Waals surface area contributed by atoms with Gasteiger partial charge in [0.1, 0.15) is 12.4 Å². The molecule has 108 valence electrons. The van der Waals surface area contributed by atoms with Gasteiger partial charge in [0.05, 0.1) is 6.10 Å². The summed E-state index contributed by atoms with van der Waals surface area (Å²) in [7, 11) is 1.99. The summed E-state index contributed by atoms with van der Waals surface area (Å²) in [5.41, 5.74) is 0. The fourth-order valence-corrected chi connectivity index (χ4v) is 2.55. The van der Waals surface area contributed by atoms with Crippen molar-refractivity contribution in [3.8, 4) is 0 Å². The summed E-state index contributed by atoms with van der Waals surface area (Å²) in [5, 5.41) is 11.8. The Bertz CT molecular complexity index is 383. The largest absolute Gasteiger partial charge is 0.370 e. The van der Waals surface area contributed by atoms with Crippen LogP contribution in [-0.2, 0) is 18.4 Å². The van der Waals surface area contributed by atoms with Crippen molar-refractivity contribution in [2.45, 2.75) is 64.7 Å². The van der Waals surface area contributed by atoms with Gasteiger partial charge in [-0.2, -0.15) is 0 Å². The van der Waals surface area contributed by atoms with Crippen molar-refractivity contribution in [3.05, 3.63) is 11.6 Å². The first-order valence-electron chi connectivity index (χ1n) is 7.40. The standard InChI is InChI=1S/C14H26N4O/c1-4-9-15-12-5-7-13(8-6-12)19-10-14-17-16-11(2)18(14)3/h12-13,15H,4-10H2,1-3H3. The lowest BCUT2D eigenvalue weighted by Gasteiger charge is -2.29. The second kappa shape index (κ2) is 7.01. The molecule has 0 spiro atoms. The van der Waals surface area contributed by atoms with E-state index in [9.17, 15) is 0 Å². The summed E-state index contributed by atoms with van der Waals surface area (Å²) in [6, 6.07) is 0.692. The lowest BCUT2D eigenvalue weighted by molar-refractivity contribution is 0.00710. The van der Waals surface area contributed by atoms with Crippen LogP contribution in [0, 0.1) is 6.92 Å². The van der Waals surface area contributed by atoms with E-state index in [1.807, 2.05) is 18.5 Å². The van der Waals surface area contributed by atoms with Gasteiger partial charge in [-0.15, -0.1) is 10.2 Å². The van der Waals surface area contributed by atoms with Gasteiger partial charge in [0.15, 0.2) is 5.82 Å². The van der Waals surface area contributed by atoms with Crippen molar-refractivity contribution in [2.75, 3.05) is 6.54 Å². The zero-order valence-electron chi connectivity index (χ0n) is 12.4. The van der Waals surface area contributed by atoms with Crippen LogP contribution in [0.25, 0.3) is 0 Å². The summed E-state index contributed by atoms with van der Waals surface area (Å²) in [6.07, 6.45) is 6.35. The average molecular weight is 266 g/mol. The molecule has 1 fully saturated rings. The third-order valence-electron chi connectivity index (χ3n) is 3.99. The molecule has 0 saturated heterocycles. The Morgan fingerprint density at radius 2 is 2.00 bits per heavy atom. The predicted octanol–water partition coefficient (Wildman–Crippen LogP) is 1.95. The molecular weight excluding hydrogens is 240 g/mol. The molecule has 5 heteroatoms. The molecule has 0 aliphatic heterocycles. The average Bonchev–Trinajstić information content (AvgIpc) is 2.75. The Balaban J connectivity index is 1.70. The van der Waals surface area contributed by atoms with Gasteiger partial charge in [-0.3, -0.25) is 0 Å². The van der Waals surface area contributed by atoms with E-state index in [1.54, 1.807) is 0 Å². The normalized spacial score (nSPS) is 23.7. The van der Waals surface area contributed by atoms with E-state index in [2.05, 4.69) is 22.4 Å². The van der Waals surface area contributed by atoms with Crippen molar-refractivity contribution in [1.82, 2.24) is 20.1 Å². The van der Waals surface area contributed by atoms with Gasteiger partial charge in [0.25, 0.3) is 0 Å². The van der Waals surface area contributed by atoms with Gasteiger partial charge >= 0.3 is 0 Å². The molecule has 0 amide bonds. The van der Waals surface area contributed by atoms with Crippen LogP contribution in [0.2, 0.25) is 0 Å². The van der Waals surface area contributed by atoms with E-state index in [0.29, 0.717) is 18.8 Å². The molecule has 1 aliphatic rings. The lowest BCUT2D eigenvalue weighted by atomic mass is 9.93. The number of nitrogens with one attached hydrogen (secondary N) is 1. The molecule has 1 saturated carbocycles. The van der Waals surface area contributed by atoms with Crippen molar-refractivity contribution >= 4 is 0 Å². The van der Waals surface area contributed by atoms with Crippen LogP contribution >= 0.6 is 0 Å². The van der Waals surface area contributed by atoms with Crippen molar-refractivity contribution < 1.29 is 4.74 Å². The Hall–Kier alpha value is -0.940. The van der Waals surface area contributed by atoms with Crippen LogP contribution in [-0.4, -0.2) is 33.5 Å². The molecule has 0 radical (unpaired) electrons. The number of hydrogen-bond acceptors (Lipinski definition) is 4. The summed E-state index contributed by atoms with van der Waals surface area (Å²) in [4.78, 5) is 0. The van der Waals surface area contributed by atoms with E-state index >= 15 is 0 Å². The molecule has 0 bridgehead atoms. The van der Waals surface area contributed by atoms with Crippen molar-refractivity contribution in [2.24, 2.45) is 7.05 Å². The summed E-state index contributed by atoms with van der Waals surface area (Å²) < 4.78 is 7.96. The molecule has 1 aromatic heterocycles. The minimum absolute atomic E-state index is 0.386. The summed E-state index contributed by atoms with van der Waals surface area (Å²) in [5.74, 6) is 1.86. The van der Waals surface area contributed by atoms with Gasteiger partial charge in [-0.1, -0.05) is 6.92 Å². The Morgan fingerprint density at radius 3 is 2.58 bits per heavy atom. The molecule has 0 atom stereocenters. The van der Waals surface area contributed by atoms with E-state index in [-0.39, 0.29) is 0 Å². The monoisotopic (exact) mass is 266 g/mol. The molecule has 2 rings (SSSR count). The van der Waals surface area contributed by atoms with E-state index in [4.69, 9.17) is 4.74 Å². The maximum atomic E-state index is 5.96. The van der Waals surface area contributed by atoms with E-state index in [0.717, 1.165) is 31.0 Å². The Labute approximate surface area is 115 Å². The molecule has 1 aromatic rings. The highest BCUT2D eigenvalue weighted by atomic mass is 16.5. The SMILES string of the molecule is CCCNC1CCC(OCc2nnc(C)n2C)CC1. The maximum Gasteiger partial charge on any atom is 0.158 e. The predicted molar refractivity (Wildman–Crippen MR) is 74.9 cm³/mol. The van der Waals surface area contributed by atoms with E-state index < -0.39 is 0 Å². The number of aryl methyl sites for hydroxylation is 1. The van der Waals surface area contributed by atoms with Gasteiger partial charge in [-0.25, -0.2) is 0 Å². The second-order valence-corrected chi connectivity index (χ2v) is 5.46. The summed E-state index contributed by atoms with van der Waals surface area (Å²) in [6.45, 7) is 5.88. The first kappa shape index (κ1) is 14.5. The maximum absolute atomic E-state index is 5.96. The van der Waals surface area contributed by atoms with Gasteiger partial charge < -0.3 is 14.6 Å². The topological polar surface area (TPSA) is 52.0 Å². The first-order chi connectivity index (χ1) is 9.20. The van der Waals surface area contributed by atoms with Crippen molar-refractivity contribution in [1.29, 1.82) is 0 Å². The Morgan fingerprint density at radius 1 is 1.26 bits per heavy atom. The highest BCUT2D eigenvalue weighted by Crippen LogP contribution is 2.22. The second-order valence-electron chi connectivity index (χ2n) is 5.46. The molecule has 19 heavy (non-hydrogen) atoms. The number of ether oxygens (including phenoxy) is 1. The number of hydrogen-bond donors (Lipinski definition) is 1. The van der Waals surface area contributed by atoms with Crippen molar-refractivity contribution in [3.63, 3.8) is 0 Å². The number of nitrogens with zero attached hydrogens (tertiary/aromatic N) is 3. The van der Waals surface area contributed by atoms with Crippen LogP contribution in [0.5, 0.6) is 0 Å². The molecule has 1 N–H and O–H groups in total. The van der Waals surface area contributed by atoms with Gasteiger partial charge in [-0.05, 0) is 45.6 Å². The number of aromatic nitrogens is 3. The fourth-order valence-electron chi connectivity index (χ4n) is 2.55. The molecule has 0 aromatic carbocycles. The summed E-state index contributed by atoms with van der Waals surface area (Å²) >= 11 is 0. The molecular formula is C14H26N4O. The molecule has 1 aliphatic carbocycles. The number of rotatable bonds is 6. The first-order valence-corrected chi connectivity index (χ1v) is 7.40. The highest BCUT2D eigenvalue weighted by molar-refractivity contribution is 4.90. The van der Waals surface area contributed by atoms with Crippen LogP contribution < -0.4 is 5.32 Å².